The lowest BCUT2D eigenvalue weighted by Gasteiger charge is -2.33. The van der Waals surface area contributed by atoms with Gasteiger partial charge in [-0.1, -0.05) is 35.9 Å². The Morgan fingerprint density at radius 3 is 2.45 bits per heavy atom. The first kappa shape index (κ1) is 19.8. The van der Waals surface area contributed by atoms with Gasteiger partial charge in [-0.25, -0.2) is 0 Å². The standard InChI is InChI=1S/C21H26N4O3S/c1-28-17-11-7-14(8-12-17)19(20(26)22-15-5-3-2-4-6-15)25(16-9-10-16)21(27)18-13-29-24-23-18/h7-8,11-13,15-16,19H,2-6,9-10H2,1H3,(H,22,26)/t19-/m0/s1. The van der Waals surface area contributed by atoms with Crippen molar-refractivity contribution in [3.8, 4) is 5.75 Å². The number of rotatable bonds is 7. The molecule has 1 aromatic carbocycles. The smallest absolute Gasteiger partial charge is 0.276 e. The van der Waals surface area contributed by atoms with Crippen molar-refractivity contribution in [1.29, 1.82) is 0 Å². The second-order valence-electron chi connectivity index (χ2n) is 7.75. The average molecular weight is 415 g/mol. The lowest BCUT2D eigenvalue weighted by Crippen LogP contribution is -2.48. The van der Waals surface area contributed by atoms with E-state index < -0.39 is 6.04 Å². The Hall–Kier alpha value is -2.48. The molecule has 0 aliphatic heterocycles. The number of carbonyl (C=O) groups excluding carboxylic acids is 2. The highest BCUT2D eigenvalue weighted by atomic mass is 32.1. The molecule has 0 spiro atoms. The third kappa shape index (κ3) is 4.58. The maximum absolute atomic E-state index is 13.4. The molecule has 29 heavy (non-hydrogen) atoms. The molecule has 2 amide bonds. The number of methoxy groups -OCH3 is 1. The third-order valence-electron chi connectivity index (χ3n) is 5.66. The van der Waals surface area contributed by atoms with Gasteiger partial charge in [0.15, 0.2) is 5.69 Å². The lowest BCUT2D eigenvalue weighted by molar-refractivity contribution is -0.127. The molecular formula is C21H26N4O3S. The van der Waals surface area contributed by atoms with Crippen LogP contribution >= 0.6 is 11.5 Å². The van der Waals surface area contributed by atoms with Crippen LogP contribution in [0.1, 0.15) is 67.0 Å². The highest BCUT2D eigenvalue weighted by Gasteiger charge is 2.42. The van der Waals surface area contributed by atoms with Crippen molar-refractivity contribution in [2.45, 2.75) is 63.1 Å². The minimum absolute atomic E-state index is 0.0495. The molecule has 0 radical (unpaired) electrons. The molecule has 2 aliphatic carbocycles. The zero-order chi connectivity index (χ0) is 20.2. The largest absolute Gasteiger partial charge is 0.497 e. The Balaban J connectivity index is 1.65. The quantitative estimate of drug-likeness (QED) is 0.751. The monoisotopic (exact) mass is 414 g/mol. The maximum atomic E-state index is 13.4. The molecule has 154 valence electrons. The number of aromatic nitrogens is 2. The summed E-state index contributed by atoms with van der Waals surface area (Å²) in [4.78, 5) is 28.4. The second-order valence-corrected chi connectivity index (χ2v) is 8.36. The molecule has 7 nitrogen and oxygen atoms in total. The molecule has 2 saturated carbocycles. The van der Waals surface area contributed by atoms with E-state index in [-0.39, 0.29) is 23.9 Å². The normalized spacial score (nSPS) is 18.1. The number of nitrogens with zero attached hydrogens (tertiary/aromatic N) is 3. The van der Waals surface area contributed by atoms with E-state index in [2.05, 4.69) is 14.9 Å². The minimum Gasteiger partial charge on any atom is -0.497 e. The van der Waals surface area contributed by atoms with Gasteiger partial charge in [-0.3, -0.25) is 9.59 Å². The predicted molar refractivity (Wildman–Crippen MR) is 110 cm³/mol. The van der Waals surface area contributed by atoms with Crippen molar-refractivity contribution in [3.63, 3.8) is 0 Å². The number of benzene rings is 1. The minimum atomic E-state index is -0.690. The number of ether oxygens (including phenoxy) is 1. The highest BCUT2D eigenvalue weighted by Crippen LogP contribution is 2.36. The molecular weight excluding hydrogens is 388 g/mol. The topological polar surface area (TPSA) is 84.4 Å². The molecule has 0 bridgehead atoms. The van der Waals surface area contributed by atoms with Gasteiger partial charge in [0, 0.05) is 17.5 Å². The van der Waals surface area contributed by atoms with Crippen molar-refractivity contribution in [2.24, 2.45) is 0 Å². The summed E-state index contributed by atoms with van der Waals surface area (Å²) < 4.78 is 9.09. The predicted octanol–water partition coefficient (Wildman–Crippen LogP) is 3.34. The summed E-state index contributed by atoms with van der Waals surface area (Å²) in [6, 6.07) is 6.93. The number of carbonyl (C=O) groups is 2. The van der Waals surface area contributed by atoms with Crippen LogP contribution < -0.4 is 10.1 Å². The first-order valence-electron chi connectivity index (χ1n) is 10.2. The van der Waals surface area contributed by atoms with E-state index >= 15 is 0 Å². The first-order valence-corrected chi connectivity index (χ1v) is 11.0. The Labute approximate surface area is 174 Å². The molecule has 2 aliphatic rings. The number of hydrogen-bond donors (Lipinski definition) is 1. The van der Waals surface area contributed by atoms with Gasteiger partial charge < -0.3 is 15.0 Å². The van der Waals surface area contributed by atoms with Crippen LogP contribution in [0.4, 0.5) is 0 Å². The summed E-state index contributed by atoms with van der Waals surface area (Å²) in [5.74, 6) is 0.361. The van der Waals surface area contributed by atoms with Crippen molar-refractivity contribution < 1.29 is 14.3 Å². The Bertz CT molecular complexity index is 830. The van der Waals surface area contributed by atoms with Crippen LogP contribution in [0, 0.1) is 0 Å². The van der Waals surface area contributed by atoms with Crippen molar-refractivity contribution in [3.05, 3.63) is 40.9 Å². The van der Waals surface area contributed by atoms with E-state index in [1.807, 2.05) is 24.3 Å². The van der Waals surface area contributed by atoms with Crippen LogP contribution in [0.25, 0.3) is 0 Å². The average Bonchev–Trinajstić information content (AvgIpc) is 3.44. The number of nitrogens with one attached hydrogen (secondary N) is 1. The molecule has 8 heteroatoms. The Morgan fingerprint density at radius 1 is 1.14 bits per heavy atom. The summed E-state index contributed by atoms with van der Waals surface area (Å²) >= 11 is 1.14. The van der Waals surface area contributed by atoms with Crippen LogP contribution in [-0.2, 0) is 4.79 Å². The fourth-order valence-corrected chi connectivity index (χ4v) is 4.42. The molecule has 1 heterocycles. The van der Waals surface area contributed by atoms with Crippen molar-refractivity contribution in [1.82, 2.24) is 19.8 Å². The Morgan fingerprint density at radius 2 is 1.86 bits per heavy atom. The van der Waals surface area contributed by atoms with Crippen LogP contribution in [0.15, 0.2) is 29.6 Å². The van der Waals surface area contributed by atoms with Gasteiger partial charge >= 0.3 is 0 Å². The molecule has 1 N–H and O–H groups in total. The summed E-state index contributed by atoms with van der Waals surface area (Å²) in [6.07, 6.45) is 7.27. The van der Waals surface area contributed by atoms with Crippen molar-refractivity contribution >= 4 is 23.3 Å². The summed E-state index contributed by atoms with van der Waals surface area (Å²) in [6.45, 7) is 0. The van der Waals surface area contributed by atoms with Gasteiger partial charge in [0.25, 0.3) is 5.91 Å². The highest BCUT2D eigenvalue weighted by molar-refractivity contribution is 7.03. The van der Waals surface area contributed by atoms with E-state index in [0.717, 1.165) is 55.6 Å². The van der Waals surface area contributed by atoms with Gasteiger partial charge in [-0.2, -0.15) is 0 Å². The molecule has 4 rings (SSSR count). The van der Waals surface area contributed by atoms with Crippen molar-refractivity contribution in [2.75, 3.05) is 7.11 Å². The number of hydrogen-bond acceptors (Lipinski definition) is 6. The van der Waals surface area contributed by atoms with E-state index in [0.29, 0.717) is 11.4 Å². The summed E-state index contributed by atoms with van der Waals surface area (Å²) in [5, 5.41) is 8.80. The van der Waals surface area contributed by atoms with Gasteiger partial charge in [0.05, 0.1) is 7.11 Å². The molecule has 2 fully saturated rings. The maximum Gasteiger partial charge on any atom is 0.276 e. The zero-order valence-electron chi connectivity index (χ0n) is 16.5. The van der Waals surface area contributed by atoms with Crippen LogP contribution in [0.3, 0.4) is 0 Å². The SMILES string of the molecule is COc1ccc([C@@H](C(=O)NC2CCCCC2)N(C(=O)c2csnn2)C2CC2)cc1. The lowest BCUT2D eigenvalue weighted by atomic mass is 9.94. The molecule has 0 unspecified atom stereocenters. The molecule has 1 atom stereocenters. The van der Waals surface area contributed by atoms with Crippen LogP contribution in [0.2, 0.25) is 0 Å². The first-order chi connectivity index (χ1) is 14.2. The molecule has 0 saturated heterocycles. The molecule has 1 aromatic heterocycles. The fraction of sp³-hybridized carbons (Fsp3) is 0.524. The zero-order valence-corrected chi connectivity index (χ0v) is 17.4. The molecule has 2 aromatic rings. The van der Waals surface area contributed by atoms with E-state index in [1.165, 1.54) is 6.42 Å². The third-order valence-corrected chi connectivity index (χ3v) is 6.17. The second kappa shape index (κ2) is 8.90. The van der Waals surface area contributed by atoms with Gasteiger partial charge in [0.1, 0.15) is 11.8 Å². The Kier molecular flexibility index (Phi) is 6.08. The van der Waals surface area contributed by atoms with E-state index in [1.54, 1.807) is 17.4 Å². The van der Waals surface area contributed by atoms with E-state index in [9.17, 15) is 9.59 Å². The summed E-state index contributed by atoms with van der Waals surface area (Å²) in [7, 11) is 1.61. The summed E-state index contributed by atoms with van der Waals surface area (Å²) in [5.41, 5.74) is 1.08. The fourth-order valence-electron chi connectivity index (χ4n) is 3.99. The van der Waals surface area contributed by atoms with Gasteiger partial charge in [0.2, 0.25) is 5.91 Å². The number of amides is 2. The van der Waals surface area contributed by atoms with Gasteiger partial charge in [-0.15, -0.1) is 5.10 Å². The van der Waals surface area contributed by atoms with E-state index in [4.69, 9.17) is 4.74 Å². The van der Waals surface area contributed by atoms with Crippen LogP contribution in [0.5, 0.6) is 5.75 Å². The van der Waals surface area contributed by atoms with Crippen LogP contribution in [-0.4, -0.2) is 45.5 Å². The van der Waals surface area contributed by atoms with Gasteiger partial charge in [-0.05, 0) is 54.9 Å².